The molecule has 0 saturated heterocycles. The van der Waals surface area contributed by atoms with E-state index in [1.165, 1.54) is 5.39 Å². The molecule has 3 aromatic carbocycles. The maximum absolute atomic E-state index is 12.0. The number of aromatic nitrogens is 1. The standard InChI is InChI=1S/C15H13NO.C9H7N/c17-15-10-13-8-4-5-9-14(13)16(15)11-12-6-2-1-3-7-12;1-2-6-9-8(4-1)5-3-7-10-9/h1-9H,10-11H2;1-7H. The summed E-state index contributed by atoms with van der Waals surface area (Å²) in [5.41, 5.74) is 4.41. The summed E-state index contributed by atoms with van der Waals surface area (Å²) in [6, 6.07) is 30.2. The number of para-hydroxylation sites is 2. The summed E-state index contributed by atoms with van der Waals surface area (Å²) in [5, 5.41) is 1.20. The molecule has 27 heavy (non-hydrogen) atoms. The Morgan fingerprint density at radius 1 is 0.778 bits per heavy atom. The number of amides is 1. The van der Waals surface area contributed by atoms with E-state index in [1.807, 2.05) is 90.0 Å². The van der Waals surface area contributed by atoms with E-state index in [4.69, 9.17) is 0 Å². The molecule has 1 aliphatic rings. The Hall–Kier alpha value is -3.46. The molecular formula is C24H20N2O. The van der Waals surface area contributed by atoms with Gasteiger partial charge < -0.3 is 4.90 Å². The van der Waals surface area contributed by atoms with Gasteiger partial charge in [0.1, 0.15) is 0 Å². The molecule has 132 valence electrons. The second kappa shape index (κ2) is 7.83. The number of rotatable bonds is 2. The van der Waals surface area contributed by atoms with Gasteiger partial charge in [0.15, 0.2) is 0 Å². The molecule has 5 rings (SSSR count). The Balaban J connectivity index is 0.000000153. The highest BCUT2D eigenvalue weighted by Gasteiger charge is 2.26. The van der Waals surface area contributed by atoms with Crippen molar-refractivity contribution in [2.75, 3.05) is 4.90 Å². The number of carbonyl (C=O) groups excluding carboxylic acids is 1. The Kier molecular flexibility index (Phi) is 4.93. The van der Waals surface area contributed by atoms with Crippen LogP contribution in [-0.2, 0) is 17.8 Å². The molecule has 0 fully saturated rings. The molecule has 1 aromatic heterocycles. The van der Waals surface area contributed by atoms with Gasteiger partial charge in [-0.05, 0) is 29.3 Å². The zero-order valence-corrected chi connectivity index (χ0v) is 15.0. The van der Waals surface area contributed by atoms with E-state index >= 15 is 0 Å². The molecular weight excluding hydrogens is 332 g/mol. The molecule has 0 N–H and O–H groups in total. The fourth-order valence-corrected chi connectivity index (χ4v) is 3.27. The summed E-state index contributed by atoms with van der Waals surface area (Å²) in [6.07, 6.45) is 2.34. The molecule has 1 aliphatic heterocycles. The second-order valence-electron chi connectivity index (χ2n) is 6.47. The third kappa shape index (κ3) is 3.87. The first-order valence-corrected chi connectivity index (χ1v) is 9.03. The molecule has 0 unspecified atom stereocenters. The maximum Gasteiger partial charge on any atom is 0.231 e. The average Bonchev–Trinajstić information content (AvgIpc) is 3.05. The van der Waals surface area contributed by atoms with Crippen LogP contribution in [0.1, 0.15) is 11.1 Å². The van der Waals surface area contributed by atoms with Crippen LogP contribution in [0.15, 0.2) is 97.2 Å². The zero-order chi connectivity index (χ0) is 18.5. The summed E-state index contributed by atoms with van der Waals surface area (Å²) in [4.78, 5) is 18.0. The van der Waals surface area contributed by atoms with Gasteiger partial charge in [-0.3, -0.25) is 9.78 Å². The van der Waals surface area contributed by atoms with Gasteiger partial charge >= 0.3 is 0 Å². The quantitative estimate of drug-likeness (QED) is 0.508. The van der Waals surface area contributed by atoms with E-state index < -0.39 is 0 Å². The largest absolute Gasteiger partial charge is 0.307 e. The van der Waals surface area contributed by atoms with E-state index in [-0.39, 0.29) is 5.91 Å². The van der Waals surface area contributed by atoms with Crippen LogP contribution in [0.4, 0.5) is 5.69 Å². The van der Waals surface area contributed by atoms with Gasteiger partial charge in [0.2, 0.25) is 5.91 Å². The van der Waals surface area contributed by atoms with E-state index in [1.54, 1.807) is 0 Å². The molecule has 0 atom stereocenters. The molecule has 0 aliphatic carbocycles. The lowest BCUT2D eigenvalue weighted by Gasteiger charge is -2.17. The Morgan fingerprint density at radius 2 is 1.48 bits per heavy atom. The Morgan fingerprint density at radius 3 is 2.33 bits per heavy atom. The number of nitrogens with zero attached hydrogens (tertiary/aromatic N) is 2. The van der Waals surface area contributed by atoms with Crippen molar-refractivity contribution < 1.29 is 4.79 Å². The van der Waals surface area contributed by atoms with Crippen LogP contribution in [0.2, 0.25) is 0 Å². The van der Waals surface area contributed by atoms with Crippen molar-refractivity contribution >= 4 is 22.5 Å². The number of anilines is 1. The van der Waals surface area contributed by atoms with E-state index in [0.29, 0.717) is 13.0 Å². The fourth-order valence-electron chi connectivity index (χ4n) is 3.27. The predicted octanol–water partition coefficient (Wildman–Crippen LogP) is 5.01. The van der Waals surface area contributed by atoms with E-state index in [0.717, 1.165) is 22.3 Å². The predicted molar refractivity (Wildman–Crippen MR) is 110 cm³/mol. The van der Waals surface area contributed by atoms with Crippen molar-refractivity contribution in [3.8, 4) is 0 Å². The second-order valence-corrected chi connectivity index (χ2v) is 6.47. The lowest BCUT2D eigenvalue weighted by atomic mass is 10.1. The zero-order valence-electron chi connectivity index (χ0n) is 15.0. The van der Waals surface area contributed by atoms with Crippen LogP contribution in [-0.4, -0.2) is 10.9 Å². The van der Waals surface area contributed by atoms with Gasteiger partial charge in [-0.15, -0.1) is 0 Å². The van der Waals surface area contributed by atoms with E-state index in [2.05, 4.69) is 17.1 Å². The van der Waals surface area contributed by atoms with Gasteiger partial charge in [0.25, 0.3) is 0 Å². The van der Waals surface area contributed by atoms with Crippen molar-refractivity contribution in [1.82, 2.24) is 4.98 Å². The van der Waals surface area contributed by atoms with Gasteiger partial charge in [0, 0.05) is 17.3 Å². The van der Waals surface area contributed by atoms with Crippen molar-refractivity contribution in [2.45, 2.75) is 13.0 Å². The summed E-state index contributed by atoms with van der Waals surface area (Å²) in [5.74, 6) is 0.190. The smallest absolute Gasteiger partial charge is 0.231 e. The third-order valence-electron chi connectivity index (χ3n) is 4.62. The number of carbonyl (C=O) groups is 1. The van der Waals surface area contributed by atoms with Crippen LogP contribution < -0.4 is 4.90 Å². The van der Waals surface area contributed by atoms with Crippen molar-refractivity contribution in [3.05, 3.63) is 108 Å². The highest BCUT2D eigenvalue weighted by atomic mass is 16.2. The Labute approximate surface area is 158 Å². The monoisotopic (exact) mass is 352 g/mol. The van der Waals surface area contributed by atoms with Crippen molar-refractivity contribution in [1.29, 1.82) is 0 Å². The summed E-state index contributed by atoms with van der Waals surface area (Å²) >= 11 is 0. The van der Waals surface area contributed by atoms with E-state index in [9.17, 15) is 4.79 Å². The Bertz CT molecular complexity index is 994. The highest BCUT2D eigenvalue weighted by Crippen LogP contribution is 2.29. The van der Waals surface area contributed by atoms with Gasteiger partial charge in [0.05, 0.1) is 18.5 Å². The molecule has 0 saturated carbocycles. The van der Waals surface area contributed by atoms with Gasteiger partial charge in [-0.1, -0.05) is 72.8 Å². The molecule has 0 radical (unpaired) electrons. The number of fused-ring (bicyclic) bond motifs is 2. The number of hydrogen-bond donors (Lipinski definition) is 0. The normalized spacial score (nSPS) is 12.4. The van der Waals surface area contributed by atoms with Crippen LogP contribution >= 0.6 is 0 Å². The van der Waals surface area contributed by atoms with Crippen LogP contribution in [0, 0.1) is 0 Å². The minimum Gasteiger partial charge on any atom is -0.307 e. The third-order valence-corrected chi connectivity index (χ3v) is 4.62. The molecule has 0 bridgehead atoms. The van der Waals surface area contributed by atoms with Gasteiger partial charge in [-0.25, -0.2) is 0 Å². The SMILES string of the molecule is O=C1Cc2ccccc2N1Cc1ccccc1.c1ccc2ncccc2c1. The minimum absolute atomic E-state index is 0.190. The molecule has 1 amide bonds. The summed E-state index contributed by atoms with van der Waals surface area (Å²) in [7, 11) is 0. The number of benzene rings is 3. The average molecular weight is 352 g/mol. The van der Waals surface area contributed by atoms with Crippen LogP contribution in [0.3, 0.4) is 0 Å². The van der Waals surface area contributed by atoms with Crippen LogP contribution in [0.25, 0.3) is 10.9 Å². The fraction of sp³-hybridized carbons (Fsp3) is 0.0833. The first kappa shape index (κ1) is 17.0. The molecule has 0 spiro atoms. The maximum atomic E-state index is 12.0. The van der Waals surface area contributed by atoms with Gasteiger partial charge in [-0.2, -0.15) is 0 Å². The lowest BCUT2D eigenvalue weighted by molar-refractivity contribution is -0.117. The minimum atomic E-state index is 0.190. The summed E-state index contributed by atoms with van der Waals surface area (Å²) < 4.78 is 0. The molecule has 3 heteroatoms. The lowest BCUT2D eigenvalue weighted by Crippen LogP contribution is -2.25. The van der Waals surface area contributed by atoms with Crippen LogP contribution in [0.5, 0.6) is 0 Å². The molecule has 2 heterocycles. The number of pyridine rings is 1. The highest BCUT2D eigenvalue weighted by molar-refractivity contribution is 6.01. The number of hydrogen-bond acceptors (Lipinski definition) is 2. The first-order valence-electron chi connectivity index (χ1n) is 9.03. The first-order chi connectivity index (χ1) is 13.3. The topological polar surface area (TPSA) is 33.2 Å². The summed E-state index contributed by atoms with van der Waals surface area (Å²) in [6.45, 7) is 0.663. The van der Waals surface area contributed by atoms with Crippen molar-refractivity contribution in [3.63, 3.8) is 0 Å². The van der Waals surface area contributed by atoms with Crippen molar-refractivity contribution in [2.24, 2.45) is 0 Å². The molecule has 4 aromatic rings. The molecule has 3 nitrogen and oxygen atoms in total.